The Balaban J connectivity index is 2.68. The third-order valence-corrected chi connectivity index (χ3v) is 2.63. The first kappa shape index (κ1) is 11.4. The molecule has 17 heavy (non-hydrogen) atoms. The van der Waals surface area contributed by atoms with Crippen molar-refractivity contribution in [3.63, 3.8) is 0 Å². The van der Waals surface area contributed by atoms with Gasteiger partial charge in [0.25, 0.3) is 0 Å². The normalized spacial score (nSPS) is 10.4. The molecule has 0 bridgehead atoms. The van der Waals surface area contributed by atoms with Crippen molar-refractivity contribution in [2.45, 2.75) is 6.54 Å². The Hall–Kier alpha value is -2.08. The average molecular weight is 249 g/mol. The van der Waals surface area contributed by atoms with Crippen LogP contribution in [0.25, 0.3) is 11.4 Å². The van der Waals surface area contributed by atoms with E-state index in [-0.39, 0.29) is 17.1 Å². The predicted octanol–water partition coefficient (Wildman–Crippen LogP) is 2.20. The van der Waals surface area contributed by atoms with Gasteiger partial charge in [-0.3, -0.25) is 9.67 Å². The highest BCUT2D eigenvalue weighted by Gasteiger charge is 2.16. The first-order valence-electron chi connectivity index (χ1n) is 4.92. The molecule has 0 aliphatic heterocycles. The minimum atomic E-state index is -0.0516. The second-order valence-electron chi connectivity index (χ2n) is 3.42. The molecule has 0 atom stereocenters. The van der Waals surface area contributed by atoms with Crippen molar-refractivity contribution in [3.8, 4) is 22.9 Å². The number of hydrogen-bond acceptors (Lipinski definition) is 4. The topological polar surface area (TPSA) is 74.1 Å². The fourth-order valence-electron chi connectivity index (χ4n) is 1.56. The summed E-state index contributed by atoms with van der Waals surface area (Å²) in [5, 5.41) is 26.1. The minimum Gasteiger partial charge on any atom is -0.507 e. The molecule has 3 N–H and O–H groups in total. The van der Waals surface area contributed by atoms with Crippen LogP contribution in [0.15, 0.2) is 30.9 Å². The lowest BCUT2D eigenvalue weighted by molar-refractivity contribution is 0.453. The Morgan fingerprint density at radius 2 is 2.06 bits per heavy atom. The summed E-state index contributed by atoms with van der Waals surface area (Å²) in [5.41, 5.74) is 0.252. The lowest BCUT2D eigenvalue weighted by Gasteiger charge is -2.07. The van der Waals surface area contributed by atoms with Crippen molar-refractivity contribution in [1.82, 2.24) is 14.8 Å². The molecule has 2 rings (SSSR count). The Bertz CT molecular complexity index is 595. The van der Waals surface area contributed by atoms with E-state index < -0.39 is 0 Å². The fourth-order valence-corrected chi connectivity index (χ4v) is 1.77. The molecule has 0 spiro atoms. The highest BCUT2D eigenvalue weighted by atomic mass is 32.1. The summed E-state index contributed by atoms with van der Waals surface area (Å²) in [6, 6.07) is 4.50. The van der Waals surface area contributed by atoms with Gasteiger partial charge in [-0.05, 0) is 24.4 Å². The van der Waals surface area contributed by atoms with E-state index in [0.717, 1.165) is 0 Å². The van der Waals surface area contributed by atoms with Crippen molar-refractivity contribution in [3.05, 3.63) is 35.6 Å². The van der Waals surface area contributed by atoms with Crippen LogP contribution in [0.3, 0.4) is 0 Å². The number of nitrogens with zero attached hydrogens (tertiary/aromatic N) is 2. The van der Waals surface area contributed by atoms with E-state index in [0.29, 0.717) is 17.1 Å². The van der Waals surface area contributed by atoms with Gasteiger partial charge in [0.1, 0.15) is 17.1 Å². The highest BCUT2D eigenvalue weighted by molar-refractivity contribution is 7.71. The molecule has 88 valence electrons. The number of rotatable bonds is 3. The summed E-state index contributed by atoms with van der Waals surface area (Å²) in [5.74, 6) is 0.277. The number of phenols is 2. The van der Waals surface area contributed by atoms with Crippen LogP contribution in [0.5, 0.6) is 11.5 Å². The van der Waals surface area contributed by atoms with Crippen molar-refractivity contribution in [2.24, 2.45) is 0 Å². The maximum Gasteiger partial charge on any atom is 0.195 e. The van der Waals surface area contributed by atoms with E-state index >= 15 is 0 Å². The molecule has 0 fully saturated rings. The fraction of sp³-hybridized carbons (Fsp3) is 0.0909. The number of aromatic nitrogens is 3. The lowest BCUT2D eigenvalue weighted by atomic mass is 10.1. The molecule has 0 saturated heterocycles. The molecule has 5 nitrogen and oxygen atoms in total. The summed E-state index contributed by atoms with van der Waals surface area (Å²) < 4.78 is 2.04. The monoisotopic (exact) mass is 249 g/mol. The summed E-state index contributed by atoms with van der Waals surface area (Å²) in [4.78, 5) is 0. The van der Waals surface area contributed by atoms with Crippen LogP contribution in [-0.4, -0.2) is 25.0 Å². The molecule has 0 aliphatic carbocycles. The van der Waals surface area contributed by atoms with Crippen molar-refractivity contribution in [2.75, 3.05) is 0 Å². The van der Waals surface area contributed by atoms with Gasteiger partial charge in [0, 0.05) is 6.54 Å². The van der Waals surface area contributed by atoms with E-state index in [1.807, 2.05) is 0 Å². The molecule has 0 amide bonds. The number of phenolic OH excluding ortho intramolecular Hbond substituents is 2. The smallest absolute Gasteiger partial charge is 0.195 e. The van der Waals surface area contributed by atoms with Gasteiger partial charge in [0.2, 0.25) is 0 Å². The molecular weight excluding hydrogens is 238 g/mol. The SMILES string of the molecule is C=CCn1c(-c2c(O)cccc2O)n[nH]c1=S. The Labute approximate surface area is 103 Å². The van der Waals surface area contributed by atoms with Crippen molar-refractivity contribution in [1.29, 1.82) is 0 Å². The number of aromatic amines is 1. The van der Waals surface area contributed by atoms with Gasteiger partial charge < -0.3 is 10.2 Å². The van der Waals surface area contributed by atoms with Gasteiger partial charge in [-0.25, -0.2) is 0 Å². The van der Waals surface area contributed by atoms with Crippen LogP contribution >= 0.6 is 12.2 Å². The van der Waals surface area contributed by atoms with Gasteiger partial charge >= 0.3 is 0 Å². The van der Waals surface area contributed by atoms with E-state index in [9.17, 15) is 10.2 Å². The zero-order valence-corrected chi connectivity index (χ0v) is 9.74. The average Bonchev–Trinajstić information content (AvgIpc) is 2.62. The molecule has 0 unspecified atom stereocenters. The molecule has 1 aromatic carbocycles. The van der Waals surface area contributed by atoms with Gasteiger partial charge in [-0.1, -0.05) is 12.1 Å². The lowest BCUT2D eigenvalue weighted by Crippen LogP contribution is -1.98. The van der Waals surface area contributed by atoms with E-state index in [1.54, 1.807) is 16.7 Å². The Kier molecular flexibility index (Phi) is 2.97. The summed E-state index contributed by atoms with van der Waals surface area (Å²) >= 11 is 5.06. The molecular formula is C11H11N3O2S. The maximum atomic E-state index is 9.76. The van der Waals surface area contributed by atoms with Crippen molar-refractivity contribution < 1.29 is 10.2 Å². The van der Waals surface area contributed by atoms with Gasteiger partial charge in [-0.15, -0.1) is 6.58 Å². The van der Waals surface area contributed by atoms with Crippen LogP contribution in [0.1, 0.15) is 0 Å². The number of nitrogens with one attached hydrogen (secondary N) is 1. The van der Waals surface area contributed by atoms with Gasteiger partial charge in [0.15, 0.2) is 10.6 Å². The van der Waals surface area contributed by atoms with E-state index in [1.165, 1.54) is 12.1 Å². The highest BCUT2D eigenvalue weighted by Crippen LogP contribution is 2.35. The second-order valence-corrected chi connectivity index (χ2v) is 3.81. The van der Waals surface area contributed by atoms with Crippen LogP contribution in [0.2, 0.25) is 0 Å². The molecule has 2 aromatic rings. The molecule has 0 radical (unpaired) electrons. The quantitative estimate of drug-likeness (QED) is 0.576. The minimum absolute atomic E-state index is 0.0516. The number of H-pyrrole nitrogens is 1. The maximum absolute atomic E-state index is 9.76. The summed E-state index contributed by atoms with van der Waals surface area (Å²) in [6.45, 7) is 4.07. The third-order valence-electron chi connectivity index (χ3n) is 2.31. The molecule has 1 heterocycles. The Morgan fingerprint density at radius 1 is 1.41 bits per heavy atom. The van der Waals surface area contributed by atoms with Crippen LogP contribution < -0.4 is 0 Å². The first-order chi connectivity index (χ1) is 8.15. The Morgan fingerprint density at radius 3 is 2.65 bits per heavy atom. The molecule has 1 aromatic heterocycles. The third kappa shape index (κ3) is 1.94. The van der Waals surface area contributed by atoms with Crippen molar-refractivity contribution >= 4 is 12.2 Å². The largest absolute Gasteiger partial charge is 0.507 e. The number of hydrogen-bond donors (Lipinski definition) is 3. The number of allylic oxidation sites excluding steroid dienone is 1. The van der Waals surface area contributed by atoms with Gasteiger partial charge in [-0.2, -0.15) is 5.10 Å². The van der Waals surface area contributed by atoms with Crippen LogP contribution in [0, 0.1) is 4.77 Å². The number of aromatic hydroxyl groups is 2. The van der Waals surface area contributed by atoms with Crippen LogP contribution in [-0.2, 0) is 6.54 Å². The second kappa shape index (κ2) is 4.42. The zero-order chi connectivity index (χ0) is 12.4. The predicted molar refractivity (Wildman–Crippen MR) is 66.4 cm³/mol. The summed E-state index contributed by atoms with van der Waals surface area (Å²) in [6.07, 6.45) is 1.66. The first-order valence-corrected chi connectivity index (χ1v) is 5.33. The van der Waals surface area contributed by atoms with Crippen LogP contribution in [0.4, 0.5) is 0 Å². The van der Waals surface area contributed by atoms with E-state index in [4.69, 9.17) is 12.2 Å². The standard InChI is InChI=1S/C11H11N3O2S/c1-2-6-14-10(12-13-11(14)17)9-7(15)4-3-5-8(9)16/h2-5,15-16H,1,6H2,(H,13,17). The zero-order valence-electron chi connectivity index (χ0n) is 8.92. The number of benzene rings is 1. The molecule has 0 saturated carbocycles. The summed E-state index contributed by atoms with van der Waals surface area (Å²) in [7, 11) is 0. The van der Waals surface area contributed by atoms with Gasteiger partial charge in [0.05, 0.1) is 0 Å². The van der Waals surface area contributed by atoms with E-state index in [2.05, 4.69) is 16.8 Å². The molecule has 0 aliphatic rings. The molecule has 6 heteroatoms.